The van der Waals surface area contributed by atoms with Crippen molar-refractivity contribution >= 4 is 39.2 Å². The van der Waals surface area contributed by atoms with E-state index in [0.717, 1.165) is 32.3 Å². The second-order valence-corrected chi connectivity index (χ2v) is 5.59. The smallest absolute Gasteiger partial charge is 0.194 e. The molecular formula is C19H11ClO. The van der Waals surface area contributed by atoms with E-state index in [0.29, 0.717) is 5.02 Å². The van der Waals surface area contributed by atoms with Gasteiger partial charge < -0.3 is 0 Å². The summed E-state index contributed by atoms with van der Waals surface area (Å²) >= 11 is 6.02. The molecule has 1 nitrogen and oxygen atoms in total. The van der Waals surface area contributed by atoms with Gasteiger partial charge in [0.25, 0.3) is 0 Å². The first-order chi connectivity index (χ1) is 10.2. The molecule has 0 aromatic heterocycles. The van der Waals surface area contributed by atoms with Crippen LogP contribution in [0.3, 0.4) is 0 Å². The van der Waals surface area contributed by atoms with Crippen LogP contribution in [0.25, 0.3) is 27.6 Å². The van der Waals surface area contributed by atoms with E-state index in [4.69, 9.17) is 11.6 Å². The van der Waals surface area contributed by atoms with E-state index >= 15 is 0 Å². The molecule has 0 atom stereocenters. The number of benzene rings is 3. The van der Waals surface area contributed by atoms with Gasteiger partial charge in [0, 0.05) is 21.0 Å². The third kappa shape index (κ3) is 1.90. The molecule has 0 fully saturated rings. The SMILES string of the molecule is O=c1c(=Cc2cccc(Cl)c2)c2cccc3cccc1c32. The summed E-state index contributed by atoms with van der Waals surface area (Å²) in [6, 6.07) is 19.4. The molecule has 2 heteroatoms. The standard InChI is InChI=1S/C19H11ClO/c20-14-7-1-4-12(10-14)11-17-15-8-2-5-13-6-3-9-16(18(13)15)19(17)21/h1-11H. The molecule has 0 aliphatic carbocycles. The normalized spacial score (nSPS) is 12.5. The lowest BCUT2D eigenvalue weighted by molar-refractivity contribution is 1.61. The van der Waals surface area contributed by atoms with Crippen LogP contribution in [-0.2, 0) is 0 Å². The minimum atomic E-state index is 0.0850. The van der Waals surface area contributed by atoms with Crippen molar-refractivity contribution in [2.45, 2.75) is 0 Å². The van der Waals surface area contributed by atoms with Crippen molar-refractivity contribution < 1.29 is 0 Å². The highest BCUT2D eigenvalue weighted by molar-refractivity contribution is 6.30. The summed E-state index contributed by atoms with van der Waals surface area (Å²) in [6.45, 7) is 0. The zero-order valence-corrected chi connectivity index (χ0v) is 11.9. The molecule has 0 saturated heterocycles. The van der Waals surface area contributed by atoms with E-state index in [2.05, 4.69) is 0 Å². The van der Waals surface area contributed by atoms with Gasteiger partial charge in [-0.2, -0.15) is 0 Å². The average Bonchev–Trinajstić information content (AvgIpc) is 2.76. The van der Waals surface area contributed by atoms with E-state index in [-0.39, 0.29) is 5.43 Å². The molecule has 0 aliphatic rings. The maximum Gasteiger partial charge on any atom is 0.194 e. The molecule has 0 radical (unpaired) electrons. The van der Waals surface area contributed by atoms with Crippen LogP contribution in [-0.4, -0.2) is 0 Å². The Hall–Kier alpha value is -2.38. The summed E-state index contributed by atoms with van der Waals surface area (Å²) < 4.78 is 0. The molecular weight excluding hydrogens is 280 g/mol. The predicted molar refractivity (Wildman–Crippen MR) is 89.1 cm³/mol. The first-order valence-electron chi connectivity index (χ1n) is 6.78. The van der Waals surface area contributed by atoms with Gasteiger partial charge in [-0.3, -0.25) is 4.79 Å². The molecule has 21 heavy (non-hydrogen) atoms. The molecule has 4 aromatic rings. The largest absolute Gasteiger partial charge is 0.289 e. The Morgan fingerprint density at radius 3 is 2.33 bits per heavy atom. The van der Waals surface area contributed by atoms with E-state index in [9.17, 15) is 4.79 Å². The second kappa shape index (κ2) is 4.57. The third-order valence-corrected chi connectivity index (χ3v) is 4.08. The molecule has 4 rings (SSSR count). The van der Waals surface area contributed by atoms with E-state index < -0.39 is 0 Å². The number of rotatable bonds is 1. The maximum absolute atomic E-state index is 12.7. The van der Waals surface area contributed by atoms with Crippen molar-refractivity contribution in [2.75, 3.05) is 0 Å². The summed E-state index contributed by atoms with van der Waals surface area (Å²) in [7, 11) is 0. The highest BCUT2D eigenvalue weighted by Crippen LogP contribution is 2.22. The van der Waals surface area contributed by atoms with Crippen LogP contribution in [0.4, 0.5) is 0 Å². The molecule has 0 aliphatic heterocycles. The summed E-state index contributed by atoms with van der Waals surface area (Å²) in [5.41, 5.74) is 1.03. The fraction of sp³-hybridized carbons (Fsp3) is 0. The lowest BCUT2D eigenvalue weighted by atomic mass is 10.1. The van der Waals surface area contributed by atoms with Gasteiger partial charge in [0.1, 0.15) is 0 Å². The predicted octanol–water partition coefficient (Wildman–Crippen LogP) is 3.99. The lowest BCUT2D eigenvalue weighted by Crippen LogP contribution is -2.19. The van der Waals surface area contributed by atoms with Crippen LogP contribution in [0.15, 0.2) is 65.5 Å². The Morgan fingerprint density at radius 2 is 1.57 bits per heavy atom. The first kappa shape index (κ1) is 12.4. The van der Waals surface area contributed by atoms with Crippen molar-refractivity contribution in [3.63, 3.8) is 0 Å². The lowest BCUT2D eigenvalue weighted by Gasteiger charge is -1.96. The monoisotopic (exact) mass is 290 g/mol. The zero-order chi connectivity index (χ0) is 14.4. The molecule has 100 valence electrons. The molecule has 0 unspecified atom stereocenters. The van der Waals surface area contributed by atoms with Gasteiger partial charge in [0.15, 0.2) is 5.43 Å². The first-order valence-corrected chi connectivity index (χ1v) is 7.16. The van der Waals surface area contributed by atoms with Crippen molar-refractivity contribution in [1.82, 2.24) is 0 Å². The van der Waals surface area contributed by atoms with Gasteiger partial charge in [-0.05, 0) is 34.5 Å². The molecule has 0 heterocycles. The summed E-state index contributed by atoms with van der Waals surface area (Å²) in [6.07, 6.45) is 1.92. The van der Waals surface area contributed by atoms with Gasteiger partial charge in [-0.1, -0.05) is 60.1 Å². The average molecular weight is 291 g/mol. The summed E-state index contributed by atoms with van der Waals surface area (Å²) in [5, 5.41) is 5.37. The maximum atomic E-state index is 12.7. The Balaban J connectivity index is 2.17. The highest BCUT2D eigenvalue weighted by Gasteiger charge is 2.10. The fourth-order valence-electron chi connectivity index (χ4n) is 2.93. The van der Waals surface area contributed by atoms with E-state index in [1.165, 1.54) is 0 Å². The van der Waals surface area contributed by atoms with Crippen LogP contribution < -0.4 is 10.6 Å². The Labute approximate surface area is 126 Å². The third-order valence-electron chi connectivity index (χ3n) is 3.84. The second-order valence-electron chi connectivity index (χ2n) is 5.15. The summed E-state index contributed by atoms with van der Waals surface area (Å²) in [5.74, 6) is 0. The minimum Gasteiger partial charge on any atom is -0.289 e. The highest BCUT2D eigenvalue weighted by atomic mass is 35.5. The van der Waals surface area contributed by atoms with Gasteiger partial charge in [0.05, 0.1) is 0 Å². The van der Waals surface area contributed by atoms with Crippen LogP contribution in [0.5, 0.6) is 0 Å². The molecule has 0 spiro atoms. The van der Waals surface area contributed by atoms with Crippen molar-refractivity contribution in [2.24, 2.45) is 0 Å². The van der Waals surface area contributed by atoms with Crippen LogP contribution >= 0.6 is 11.6 Å². The van der Waals surface area contributed by atoms with Crippen molar-refractivity contribution in [1.29, 1.82) is 0 Å². The van der Waals surface area contributed by atoms with Crippen molar-refractivity contribution in [3.05, 3.63) is 86.7 Å². The number of halogens is 1. The molecule has 0 saturated carbocycles. The number of hydrogen-bond donors (Lipinski definition) is 0. The zero-order valence-electron chi connectivity index (χ0n) is 11.1. The van der Waals surface area contributed by atoms with Crippen LogP contribution in [0, 0.1) is 0 Å². The topological polar surface area (TPSA) is 17.1 Å². The van der Waals surface area contributed by atoms with E-state index in [1.807, 2.05) is 66.7 Å². The molecule has 4 aromatic carbocycles. The van der Waals surface area contributed by atoms with E-state index in [1.54, 1.807) is 0 Å². The van der Waals surface area contributed by atoms with Gasteiger partial charge in [-0.25, -0.2) is 0 Å². The van der Waals surface area contributed by atoms with Crippen LogP contribution in [0.2, 0.25) is 5.02 Å². The quantitative estimate of drug-likeness (QED) is 0.518. The number of hydrogen-bond acceptors (Lipinski definition) is 1. The Morgan fingerprint density at radius 1 is 0.857 bits per heavy atom. The van der Waals surface area contributed by atoms with Crippen molar-refractivity contribution in [3.8, 4) is 0 Å². The van der Waals surface area contributed by atoms with Crippen LogP contribution in [0.1, 0.15) is 5.56 Å². The van der Waals surface area contributed by atoms with Gasteiger partial charge in [-0.15, -0.1) is 0 Å². The Bertz CT molecular complexity index is 1060. The fourth-order valence-corrected chi connectivity index (χ4v) is 3.13. The summed E-state index contributed by atoms with van der Waals surface area (Å²) in [4.78, 5) is 12.7. The molecule has 0 bridgehead atoms. The molecule has 0 amide bonds. The van der Waals surface area contributed by atoms with Gasteiger partial charge in [0.2, 0.25) is 0 Å². The minimum absolute atomic E-state index is 0.0850. The Kier molecular flexibility index (Phi) is 2.69. The molecule has 0 N–H and O–H groups in total. The van der Waals surface area contributed by atoms with Gasteiger partial charge >= 0.3 is 0 Å².